The molecule has 25 heavy (non-hydrogen) atoms. The van der Waals surface area contributed by atoms with Crippen LogP contribution in [0.1, 0.15) is 22.0 Å². The molecule has 1 aromatic carbocycles. The number of carbonyl (C=O) groups excluding carboxylic acids is 1. The monoisotopic (exact) mass is 333 g/mol. The number of aromatic nitrogens is 3. The highest BCUT2D eigenvalue weighted by Gasteiger charge is 2.18. The van der Waals surface area contributed by atoms with Gasteiger partial charge in [-0.1, -0.05) is 30.3 Å². The summed E-state index contributed by atoms with van der Waals surface area (Å²) >= 11 is 0. The Balaban J connectivity index is 1.59. The van der Waals surface area contributed by atoms with Crippen molar-refractivity contribution in [2.24, 2.45) is 0 Å². The number of Topliss-reactive ketones (excluding diaryl/α,β-unsaturated/α-hetero) is 1. The highest BCUT2D eigenvalue weighted by molar-refractivity contribution is 5.96. The lowest BCUT2D eigenvalue weighted by Gasteiger charge is -2.13. The van der Waals surface area contributed by atoms with Crippen molar-refractivity contribution in [2.45, 2.75) is 19.5 Å². The summed E-state index contributed by atoms with van der Waals surface area (Å²) in [6.07, 6.45) is 2.79. The van der Waals surface area contributed by atoms with Gasteiger partial charge in [0.2, 0.25) is 0 Å². The molecular formula is C19H19N5O. The summed E-state index contributed by atoms with van der Waals surface area (Å²) in [5.41, 5.74) is 9.45. The van der Waals surface area contributed by atoms with E-state index in [2.05, 4.69) is 15.3 Å². The van der Waals surface area contributed by atoms with Crippen molar-refractivity contribution in [3.05, 3.63) is 65.9 Å². The summed E-state index contributed by atoms with van der Waals surface area (Å²) in [5.74, 6) is 0.882. The number of pyridine rings is 1. The Bertz CT molecular complexity index is 893. The third-order valence-electron chi connectivity index (χ3n) is 4.36. The molecular weight excluding hydrogens is 314 g/mol. The summed E-state index contributed by atoms with van der Waals surface area (Å²) < 4.78 is 1.98. The molecule has 1 aliphatic rings. The molecule has 6 nitrogen and oxygen atoms in total. The standard InChI is InChI=1S/C19H19N5O/c20-14-6-7-15(13-4-2-1-3-5-13)22-16(14)10-18(25)17-11-24-12-21-9-8-19(24)23-17/h1-7,11,21H,8-10,12,20H2. The molecule has 1 aliphatic heterocycles. The second kappa shape index (κ2) is 6.49. The molecule has 126 valence electrons. The number of hydrogen-bond donors (Lipinski definition) is 2. The molecule has 0 atom stereocenters. The fourth-order valence-corrected chi connectivity index (χ4v) is 2.99. The molecule has 0 spiro atoms. The minimum Gasteiger partial charge on any atom is -0.397 e. The number of anilines is 1. The van der Waals surface area contributed by atoms with Gasteiger partial charge in [0.15, 0.2) is 5.78 Å². The topological polar surface area (TPSA) is 85.8 Å². The van der Waals surface area contributed by atoms with Gasteiger partial charge in [0, 0.05) is 24.7 Å². The lowest BCUT2D eigenvalue weighted by molar-refractivity contribution is 0.0987. The third kappa shape index (κ3) is 3.16. The van der Waals surface area contributed by atoms with Crippen LogP contribution in [-0.4, -0.2) is 26.9 Å². The molecule has 3 aromatic rings. The lowest BCUT2D eigenvalue weighted by atomic mass is 10.1. The van der Waals surface area contributed by atoms with Gasteiger partial charge in [0.05, 0.1) is 30.2 Å². The highest BCUT2D eigenvalue weighted by atomic mass is 16.1. The number of nitrogens with one attached hydrogen (secondary N) is 1. The van der Waals surface area contributed by atoms with Gasteiger partial charge in [-0.05, 0) is 12.1 Å². The number of ketones is 1. The van der Waals surface area contributed by atoms with Gasteiger partial charge in [-0.2, -0.15) is 0 Å². The molecule has 6 heteroatoms. The quantitative estimate of drug-likeness (QED) is 0.714. The number of imidazole rings is 1. The Kier molecular flexibility index (Phi) is 4.03. The first kappa shape index (κ1) is 15.5. The highest BCUT2D eigenvalue weighted by Crippen LogP contribution is 2.21. The lowest BCUT2D eigenvalue weighted by Crippen LogP contribution is -2.28. The number of carbonyl (C=O) groups is 1. The number of nitrogen functional groups attached to an aromatic ring is 1. The minimum atomic E-state index is -0.0636. The first-order valence-corrected chi connectivity index (χ1v) is 8.31. The van der Waals surface area contributed by atoms with Crippen LogP contribution < -0.4 is 11.1 Å². The van der Waals surface area contributed by atoms with E-state index in [9.17, 15) is 4.79 Å². The van der Waals surface area contributed by atoms with Gasteiger partial charge >= 0.3 is 0 Å². The molecule has 0 amide bonds. The van der Waals surface area contributed by atoms with Gasteiger partial charge < -0.3 is 10.3 Å². The van der Waals surface area contributed by atoms with Gasteiger partial charge in [0.1, 0.15) is 11.5 Å². The molecule has 3 heterocycles. The van der Waals surface area contributed by atoms with E-state index in [1.807, 2.05) is 41.0 Å². The second-order valence-corrected chi connectivity index (χ2v) is 6.12. The Hall–Kier alpha value is -2.99. The van der Waals surface area contributed by atoms with Crippen LogP contribution in [-0.2, 0) is 19.5 Å². The van der Waals surface area contributed by atoms with E-state index >= 15 is 0 Å². The average Bonchev–Trinajstić information content (AvgIpc) is 3.08. The van der Waals surface area contributed by atoms with Crippen molar-refractivity contribution in [2.75, 3.05) is 12.3 Å². The maximum absolute atomic E-state index is 12.6. The molecule has 2 aromatic heterocycles. The van der Waals surface area contributed by atoms with E-state index in [1.54, 1.807) is 12.3 Å². The molecule has 4 rings (SSSR count). The summed E-state index contributed by atoms with van der Waals surface area (Å²) in [4.78, 5) is 21.7. The van der Waals surface area contributed by atoms with E-state index in [0.29, 0.717) is 23.7 Å². The van der Waals surface area contributed by atoms with E-state index < -0.39 is 0 Å². The predicted molar refractivity (Wildman–Crippen MR) is 96.1 cm³/mol. The van der Waals surface area contributed by atoms with Crippen LogP contribution in [0.15, 0.2) is 48.7 Å². The Morgan fingerprint density at radius 3 is 2.80 bits per heavy atom. The van der Waals surface area contributed by atoms with Crippen molar-refractivity contribution in [3.63, 3.8) is 0 Å². The predicted octanol–water partition coefficient (Wildman–Crippen LogP) is 2.06. The summed E-state index contributed by atoms with van der Waals surface area (Å²) in [6.45, 7) is 1.58. The van der Waals surface area contributed by atoms with Crippen LogP contribution in [0.4, 0.5) is 5.69 Å². The van der Waals surface area contributed by atoms with Crippen molar-refractivity contribution in [1.29, 1.82) is 0 Å². The van der Waals surface area contributed by atoms with E-state index in [4.69, 9.17) is 5.73 Å². The molecule has 0 saturated carbocycles. The smallest absolute Gasteiger partial charge is 0.188 e. The second-order valence-electron chi connectivity index (χ2n) is 6.12. The van der Waals surface area contributed by atoms with Crippen molar-refractivity contribution in [1.82, 2.24) is 19.9 Å². The van der Waals surface area contributed by atoms with Crippen LogP contribution in [0.25, 0.3) is 11.3 Å². The van der Waals surface area contributed by atoms with Crippen LogP contribution in [0.3, 0.4) is 0 Å². The van der Waals surface area contributed by atoms with Crippen molar-refractivity contribution in [3.8, 4) is 11.3 Å². The molecule has 3 N–H and O–H groups in total. The van der Waals surface area contributed by atoms with E-state index in [-0.39, 0.29) is 12.2 Å². The Morgan fingerprint density at radius 1 is 1.16 bits per heavy atom. The zero-order chi connectivity index (χ0) is 17.2. The van der Waals surface area contributed by atoms with Gasteiger partial charge in [0.25, 0.3) is 0 Å². The average molecular weight is 333 g/mol. The molecule has 0 radical (unpaired) electrons. The summed E-state index contributed by atoms with van der Waals surface area (Å²) in [6, 6.07) is 13.5. The fourth-order valence-electron chi connectivity index (χ4n) is 2.99. The first-order chi connectivity index (χ1) is 12.2. The number of hydrogen-bond acceptors (Lipinski definition) is 5. The van der Waals surface area contributed by atoms with Crippen LogP contribution in [0, 0.1) is 0 Å². The van der Waals surface area contributed by atoms with E-state index in [1.165, 1.54) is 0 Å². The number of benzene rings is 1. The minimum absolute atomic E-state index is 0.0636. The van der Waals surface area contributed by atoms with Gasteiger partial charge in [-0.25, -0.2) is 4.98 Å². The van der Waals surface area contributed by atoms with Crippen LogP contribution >= 0.6 is 0 Å². The first-order valence-electron chi connectivity index (χ1n) is 8.31. The number of nitrogens with two attached hydrogens (primary N) is 1. The third-order valence-corrected chi connectivity index (χ3v) is 4.36. The van der Waals surface area contributed by atoms with Crippen molar-refractivity contribution >= 4 is 11.5 Å². The number of nitrogens with zero attached hydrogens (tertiary/aromatic N) is 3. The summed E-state index contributed by atoms with van der Waals surface area (Å²) in [7, 11) is 0. The zero-order valence-corrected chi connectivity index (χ0v) is 13.8. The number of rotatable bonds is 4. The molecule has 0 unspecified atom stereocenters. The molecule has 0 bridgehead atoms. The van der Waals surface area contributed by atoms with Gasteiger partial charge in [-0.3, -0.25) is 15.1 Å². The molecule has 0 saturated heterocycles. The SMILES string of the molecule is Nc1ccc(-c2ccccc2)nc1CC(=O)c1cn2c(n1)CCNC2. The van der Waals surface area contributed by atoms with Crippen molar-refractivity contribution < 1.29 is 4.79 Å². The molecule has 0 fully saturated rings. The maximum Gasteiger partial charge on any atom is 0.188 e. The Morgan fingerprint density at radius 2 is 2.00 bits per heavy atom. The fraction of sp³-hybridized carbons (Fsp3) is 0.211. The Labute approximate surface area is 145 Å². The summed E-state index contributed by atoms with van der Waals surface area (Å²) in [5, 5.41) is 3.26. The zero-order valence-electron chi connectivity index (χ0n) is 13.8. The van der Waals surface area contributed by atoms with Crippen LogP contribution in [0.5, 0.6) is 0 Å². The number of fused-ring (bicyclic) bond motifs is 1. The largest absolute Gasteiger partial charge is 0.397 e. The maximum atomic E-state index is 12.6. The van der Waals surface area contributed by atoms with E-state index in [0.717, 1.165) is 30.0 Å². The van der Waals surface area contributed by atoms with Gasteiger partial charge in [-0.15, -0.1) is 0 Å². The van der Waals surface area contributed by atoms with Crippen LogP contribution in [0.2, 0.25) is 0 Å². The normalized spacial score (nSPS) is 13.4. The molecule has 0 aliphatic carbocycles.